The summed E-state index contributed by atoms with van der Waals surface area (Å²) in [6, 6.07) is 21.6. The molecule has 8 heteroatoms. The quantitative estimate of drug-likeness (QED) is 0.235. The number of amidine groups is 1. The molecule has 0 aromatic heterocycles. The van der Waals surface area contributed by atoms with Crippen LogP contribution < -0.4 is 4.74 Å². The first-order valence-electron chi connectivity index (χ1n) is 10.8. The van der Waals surface area contributed by atoms with Crippen molar-refractivity contribution in [2.75, 3.05) is 6.54 Å². The van der Waals surface area contributed by atoms with Crippen LogP contribution in [0.15, 0.2) is 82.7 Å². The molecule has 3 aromatic carbocycles. The van der Waals surface area contributed by atoms with Crippen LogP contribution in [-0.4, -0.2) is 27.4 Å². The second-order valence-corrected chi connectivity index (χ2v) is 8.68. The Labute approximate surface area is 201 Å². The monoisotopic (exact) mass is 473 g/mol. The molecule has 0 spiro atoms. The maximum Gasteiger partial charge on any atom is 0.269 e. The van der Waals surface area contributed by atoms with Gasteiger partial charge in [0, 0.05) is 18.7 Å². The molecule has 0 bridgehead atoms. The molecule has 1 saturated heterocycles. The number of hydrogen-bond donors (Lipinski definition) is 0. The SMILES string of the molecule is CCN1C(=O)/C(=C\c2ccc(OCc3ccc([N+](=O)[O-])cc3)cc2)SC1=Nc1ccc(C)cc1. The van der Waals surface area contributed by atoms with Crippen molar-refractivity contribution in [1.82, 2.24) is 4.90 Å². The lowest BCUT2D eigenvalue weighted by Gasteiger charge is -2.12. The molecule has 34 heavy (non-hydrogen) atoms. The number of likely N-dealkylation sites (N-methyl/N-ethyl adjacent to an activating group) is 1. The van der Waals surface area contributed by atoms with Crippen LogP contribution in [0.5, 0.6) is 5.75 Å². The molecule has 0 saturated carbocycles. The summed E-state index contributed by atoms with van der Waals surface area (Å²) in [5.74, 6) is 0.611. The van der Waals surface area contributed by atoms with Gasteiger partial charge in [0.15, 0.2) is 5.17 Å². The number of rotatable bonds is 7. The molecule has 3 aromatic rings. The Balaban J connectivity index is 1.43. The lowest BCUT2D eigenvalue weighted by molar-refractivity contribution is -0.384. The number of nitro groups is 1. The summed E-state index contributed by atoms with van der Waals surface area (Å²) in [5.41, 5.74) is 3.74. The van der Waals surface area contributed by atoms with Crippen molar-refractivity contribution in [3.8, 4) is 5.75 Å². The van der Waals surface area contributed by atoms with E-state index in [4.69, 9.17) is 4.74 Å². The van der Waals surface area contributed by atoms with Crippen molar-refractivity contribution in [1.29, 1.82) is 0 Å². The van der Waals surface area contributed by atoms with Gasteiger partial charge in [-0.2, -0.15) is 0 Å². The molecule has 7 nitrogen and oxygen atoms in total. The Kier molecular flexibility index (Phi) is 7.08. The Morgan fingerprint density at radius 3 is 2.32 bits per heavy atom. The third kappa shape index (κ3) is 5.52. The van der Waals surface area contributed by atoms with Crippen LogP contribution in [0.2, 0.25) is 0 Å². The van der Waals surface area contributed by atoms with E-state index in [1.54, 1.807) is 17.0 Å². The predicted octanol–water partition coefficient (Wildman–Crippen LogP) is 6.11. The molecule has 0 atom stereocenters. The average Bonchev–Trinajstić information content (AvgIpc) is 3.13. The van der Waals surface area contributed by atoms with Gasteiger partial charge in [0.2, 0.25) is 0 Å². The Morgan fingerprint density at radius 1 is 1.03 bits per heavy atom. The third-order valence-corrected chi connectivity index (χ3v) is 6.20. The average molecular weight is 474 g/mol. The molecule has 1 fully saturated rings. The highest BCUT2D eigenvalue weighted by atomic mass is 32.2. The molecule has 0 aliphatic carbocycles. The number of carbonyl (C=O) groups is 1. The van der Waals surface area contributed by atoms with Crippen molar-refractivity contribution in [3.63, 3.8) is 0 Å². The van der Waals surface area contributed by atoms with E-state index >= 15 is 0 Å². The summed E-state index contributed by atoms with van der Waals surface area (Å²) in [7, 11) is 0. The fraction of sp³-hybridized carbons (Fsp3) is 0.154. The smallest absolute Gasteiger partial charge is 0.269 e. The highest BCUT2D eigenvalue weighted by Crippen LogP contribution is 2.34. The van der Waals surface area contributed by atoms with Crippen LogP contribution in [0.3, 0.4) is 0 Å². The summed E-state index contributed by atoms with van der Waals surface area (Å²) in [5, 5.41) is 11.4. The van der Waals surface area contributed by atoms with Crippen molar-refractivity contribution in [3.05, 3.63) is 105 Å². The lowest BCUT2D eigenvalue weighted by Crippen LogP contribution is -2.28. The van der Waals surface area contributed by atoms with Crippen LogP contribution in [0, 0.1) is 17.0 Å². The molecule has 0 unspecified atom stereocenters. The summed E-state index contributed by atoms with van der Waals surface area (Å²) < 4.78 is 5.77. The number of non-ortho nitro benzene ring substituents is 1. The van der Waals surface area contributed by atoms with E-state index in [0.29, 0.717) is 29.0 Å². The highest BCUT2D eigenvalue weighted by Gasteiger charge is 2.32. The number of benzene rings is 3. The Morgan fingerprint density at radius 2 is 1.71 bits per heavy atom. The van der Waals surface area contributed by atoms with Crippen LogP contribution in [0.1, 0.15) is 23.6 Å². The summed E-state index contributed by atoms with van der Waals surface area (Å²) >= 11 is 1.37. The first-order valence-corrected chi connectivity index (χ1v) is 11.6. The lowest BCUT2D eigenvalue weighted by atomic mass is 10.2. The normalized spacial score (nSPS) is 15.8. The van der Waals surface area contributed by atoms with Crippen LogP contribution in [-0.2, 0) is 11.4 Å². The maximum atomic E-state index is 12.9. The Hall–Kier alpha value is -3.91. The number of thioether (sulfide) groups is 1. The second kappa shape index (κ2) is 10.4. The van der Waals surface area contributed by atoms with Gasteiger partial charge in [-0.05, 0) is 79.2 Å². The second-order valence-electron chi connectivity index (χ2n) is 7.67. The zero-order valence-corrected chi connectivity index (χ0v) is 19.6. The van der Waals surface area contributed by atoms with E-state index in [-0.39, 0.29) is 11.6 Å². The van der Waals surface area contributed by atoms with Crippen LogP contribution >= 0.6 is 11.8 Å². The Bertz CT molecular complexity index is 1250. The molecular formula is C26H23N3O4S. The van der Waals surface area contributed by atoms with E-state index in [9.17, 15) is 14.9 Å². The number of ether oxygens (including phenoxy) is 1. The third-order valence-electron chi connectivity index (χ3n) is 5.19. The van der Waals surface area contributed by atoms with E-state index in [0.717, 1.165) is 22.4 Å². The van der Waals surface area contributed by atoms with Gasteiger partial charge in [0.1, 0.15) is 12.4 Å². The number of aliphatic imine (C=N–C) groups is 1. The molecule has 1 aliphatic rings. The van der Waals surface area contributed by atoms with Gasteiger partial charge in [-0.1, -0.05) is 29.8 Å². The van der Waals surface area contributed by atoms with Crippen LogP contribution in [0.25, 0.3) is 6.08 Å². The number of hydrogen-bond acceptors (Lipinski definition) is 6. The van der Waals surface area contributed by atoms with Crippen LogP contribution in [0.4, 0.5) is 11.4 Å². The van der Waals surface area contributed by atoms with E-state index in [2.05, 4.69) is 4.99 Å². The van der Waals surface area contributed by atoms with Crippen molar-refractivity contribution in [2.45, 2.75) is 20.5 Å². The van der Waals surface area contributed by atoms with Gasteiger partial charge in [-0.25, -0.2) is 4.99 Å². The van der Waals surface area contributed by atoms with Crippen molar-refractivity contribution in [2.24, 2.45) is 4.99 Å². The fourth-order valence-corrected chi connectivity index (χ4v) is 4.35. The van der Waals surface area contributed by atoms with Crippen molar-refractivity contribution < 1.29 is 14.5 Å². The van der Waals surface area contributed by atoms with Gasteiger partial charge in [-0.15, -0.1) is 0 Å². The molecule has 4 rings (SSSR count). The summed E-state index contributed by atoms with van der Waals surface area (Å²) in [6.07, 6.45) is 1.85. The van der Waals surface area contributed by atoms with Gasteiger partial charge >= 0.3 is 0 Å². The standard InChI is InChI=1S/C26H23N3O4S/c1-3-28-25(30)24(34-26(28)27-21-10-4-18(2)5-11-21)16-19-8-14-23(15-9-19)33-17-20-6-12-22(13-7-20)29(31)32/h4-16H,3,17H2,1-2H3/b24-16+,27-26?. The zero-order chi connectivity index (χ0) is 24.1. The van der Waals surface area contributed by atoms with Crippen molar-refractivity contribution >= 4 is 40.3 Å². The zero-order valence-electron chi connectivity index (χ0n) is 18.8. The van der Waals surface area contributed by atoms with E-state index < -0.39 is 4.92 Å². The first-order chi connectivity index (χ1) is 16.4. The molecule has 172 valence electrons. The molecule has 0 radical (unpaired) electrons. The highest BCUT2D eigenvalue weighted by molar-refractivity contribution is 8.18. The van der Waals surface area contributed by atoms with Gasteiger partial charge in [0.25, 0.3) is 11.6 Å². The predicted molar refractivity (Wildman–Crippen MR) is 135 cm³/mol. The number of nitrogens with zero attached hydrogens (tertiary/aromatic N) is 3. The summed E-state index contributed by atoms with van der Waals surface area (Å²) in [6.45, 7) is 4.81. The minimum atomic E-state index is -0.428. The molecule has 1 amide bonds. The van der Waals surface area contributed by atoms with Gasteiger partial charge in [-0.3, -0.25) is 19.8 Å². The van der Waals surface area contributed by atoms with Gasteiger partial charge < -0.3 is 4.74 Å². The fourth-order valence-electron chi connectivity index (χ4n) is 3.29. The van der Waals surface area contributed by atoms with E-state index in [1.807, 2.05) is 68.5 Å². The molecule has 1 aliphatic heterocycles. The molecule has 1 heterocycles. The summed E-state index contributed by atoms with van der Waals surface area (Å²) in [4.78, 5) is 30.2. The number of aryl methyl sites for hydroxylation is 1. The largest absolute Gasteiger partial charge is 0.489 e. The topological polar surface area (TPSA) is 85.0 Å². The number of amides is 1. The first kappa shape index (κ1) is 23.3. The molecular weight excluding hydrogens is 450 g/mol. The van der Waals surface area contributed by atoms with E-state index in [1.165, 1.54) is 23.9 Å². The number of nitro benzene ring substituents is 1. The maximum absolute atomic E-state index is 12.9. The van der Waals surface area contributed by atoms with Gasteiger partial charge in [0.05, 0.1) is 15.5 Å². The minimum absolute atomic E-state index is 0.0502. The molecule has 0 N–H and O–H groups in total. The minimum Gasteiger partial charge on any atom is -0.489 e. The number of carbonyl (C=O) groups excluding carboxylic acids is 1.